The highest BCUT2D eigenvalue weighted by Crippen LogP contribution is 2.17. The zero-order valence-electron chi connectivity index (χ0n) is 8.75. The number of aryl methyl sites for hydroxylation is 1. The molecular formula is C12H16N2. The van der Waals surface area contributed by atoms with E-state index in [0.29, 0.717) is 6.42 Å². The molecular weight excluding hydrogens is 172 g/mol. The van der Waals surface area contributed by atoms with Gasteiger partial charge in [0.1, 0.15) is 0 Å². The lowest BCUT2D eigenvalue weighted by molar-refractivity contribution is 0.588. The number of hydrogen-bond donors (Lipinski definition) is 1. The summed E-state index contributed by atoms with van der Waals surface area (Å²) in [6, 6.07) is 4.24. The number of rotatable bonds is 4. The van der Waals surface area contributed by atoms with Gasteiger partial charge in [-0.15, -0.1) is 12.3 Å². The molecule has 0 aliphatic heterocycles. The summed E-state index contributed by atoms with van der Waals surface area (Å²) in [4.78, 5) is 4.38. The summed E-state index contributed by atoms with van der Waals surface area (Å²) in [5.41, 5.74) is 2.34. The second kappa shape index (κ2) is 5.41. The molecule has 0 aromatic carbocycles. The van der Waals surface area contributed by atoms with Crippen LogP contribution in [-0.4, -0.2) is 12.0 Å². The van der Waals surface area contributed by atoms with Gasteiger partial charge in [-0.3, -0.25) is 4.98 Å². The summed E-state index contributed by atoms with van der Waals surface area (Å²) >= 11 is 0. The smallest absolute Gasteiger partial charge is 0.0614 e. The maximum atomic E-state index is 5.32. The van der Waals surface area contributed by atoms with Crippen molar-refractivity contribution in [2.24, 2.45) is 0 Å². The van der Waals surface area contributed by atoms with Gasteiger partial charge in [-0.1, -0.05) is 13.0 Å². The highest BCUT2D eigenvalue weighted by atomic mass is 14.9. The summed E-state index contributed by atoms with van der Waals surface area (Å²) < 4.78 is 0. The molecule has 1 N–H and O–H groups in total. The Bertz CT molecular complexity index is 325. The molecule has 0 fully saturated rings. The first-order chi connectivity index (χ1) is 6.83. The number of nitrogens with one attached hydrogen (secondary N) is 1. The minimum Gasteiger partial charge on any atom is -0.311 e. The lowest BCUT2D eigenvalue weighted by atomic mass is 10.0. The average Bonchev–Trinajstić information content (AvgIpc) is 2.26. The lowest BCUT2D eigenvalue weighted by Crippen LogP contribution is -2.18. The largest absolute Gasteiger partial charge is 0.311 e. The van der Waals surface area contributed by atoms with E-state index in [9.17, 15) is 0 Å². The van der Waals surface area contributed by atoms with Crippen molar-refractivity contribution in [3.8, 4) is 12.3 Å². The van der Waals surface area contributed by atoms with Crippen LogP contribution in [0.1, 0.15) is 30.6 Å². The standard InChI is InChI=1S/C12H16N2/c1-4-7-11(13-3)12-10(5-2)8-6-9-14-12/h1,6,8-9,11,13H,5,7H2,2-3H3. The van der Waals surface area contributed by atoms with E-state index in [1.807, 2.05) is 19.3 Å². The molecule has 1 heterocycles. The van der Waals surface area contributed by atoms with Crippen molar-refractivity contribution in [2.45, 2.75) is 25.8 Å². The van der Waals surface area contributed by atoms with E-state index in [2.05, 4.69) is 29.2 Å². The molecule has 1 rings (SSSR count). The van der Waals surface area contributed by atoms with Gasteiger partial charge in [0.2, 0.25) is 0 Å². The van der Waals surface area contributed by atoms with E-state index in [1.165, 1.54) is 5.56 Å². The van der Waals surface area contributed by atoms with Crippen LogP contribution in [0.15, 0.2) is 18.3 Å². The quantitative estimate of drug-likeness (QED) is 0.730. The third kappa shape index (κ3) is 2.34. The summed E-state index contributed by atoms with van der Waals surface area (Å²) in [7, 11) is 1.91. The number of terminal acetylenes is 1. The predicted octanol–water partition coefficient (Wildman–Crippen LogP) is 1.93. The van der Waals surface area contributed by atoms with Gasteiger partial charge in [0, 0.05) is 12.6 Å². The van der Waals surface area contributed by atoms with E-state index in [1.54, 1.807) is 0 Å². The van der Waals surface area contributed by atoms with Crippen molar-refractivity contribution >= 4 is 0 Å². The zero-order valence-corrected chi connectivity index (χ0v) is 8.75. The Morgan fingerprint density at radius 2 is 2.43 bits per heavy atom. The molecule has 0 amide bonds. The molecule has 1 atom stereocenters. The van der Waals surface area contributed by atoms with E-state index in [4.69, 9.17) is 6.42 Å². The number of aromatic nitrogens is 1. The van der Waals surface area contributed by atoms with Crippen LogP contribution in [0.25, 0.3) is 0 Å². The van der Waals surface area contributed by atoms with Crippen molar-refractivity contribution in [3.05, 3.63) is 29.6 Å². The summed E-state index contributed by atoms with van der Waals surface area (Å²) in [6.07, 6.45) is 8.80. The number of pyridine rings is 1. The fourth-order valence-corrected chi connectivity index (χ4v) is 1.52. The average molecular weight is 188 g/mol. The van der Waals surface area contributed by atoms with Crippen LogP contribution in [0.3, 0.4) is 0 Å². The van der Waals surface area contributed by atoms with Crippen molar-refractivity contribution < 1.29 is 0 Å². The summed E-state index contributed by atoms with van der Waals surface area (Å²) in [5, 5.41) is 3.19. The van der Waals surface area contributed by atoms with Gasteiger partial charge < -0.3 is 5.32 Å². The molecule has 2 heteroatoms. The molecule has 1 unspecified atom stereocenters. The van der Waals surface area contributed by atoms with Crippen molar-refractivity contribution in [2.75, 3.05) is 7.05 Å². The Balaban J connectivity index is 2.97. The van der Waals surface area contributed by atoms with Crippen molar-refractivity contribution in [1.29, 1.82) is 0 Å². The first-order valence-electron chi connectivity index (χ1n) is 4.88. The lowest BCUT2D eigenvalue weighted by Gasteiger charge is -2.15. The van der Waals surface area contributed by atoms with Gasteiger partial charge in [-0.2, -0.15) is 0 Å². The fourth-order valence-electron chi connectivity index (χ4n) is 1.52. The first-order valence-corrected chi connectivity index (χ1v) is 4.88. The van der Waals surface area contributed by atoms with Crippen LogP contribution in [0.2, 0.25) is 0 Å². The van der Waals surface area contributed by atoms with Gasteiger partial charge in [0.15, 0.2) is 0 Å². The number of nitrogens with zero attached hydrogens (tertiary/aromatic N) is 1. The number of hydrogen-bond acceptors (Lipinski definition) is 2. The van der Waals surface area contributed by atoms with Crippen LogP contribution >= 0.6 is 0 Å². The van der Waals surface area contributed by atoms with Gasteiger partial charge in [0.05, 0.1) is 11.7 Å². The molecule has 0 radical (unpaired) electrons. The van der Waals surface area contributed by atoms with Crippen molar-refractivity contribution in [1.82, 2.24) is 10.3 Å². The van der Waals surface area contributed by atoms with E-state index >= 15 is 0 Å². The summed E-state index contributed by atoms with van der Waals surface area (Å²) in [6.45, 7) is 2.13. The maximum Gasteiger partial charge on any atom is 0.0614 e. The molecule has 0 bridgehead atoms. The molecule has 0 aliphatic carbocycles. The predicted molar refractivity (Wildman–Crippen MR) is 58.9 cm³/mol. The van der Waals surface area contributed by atoms with E-state index in [0.717, 1.165) is 12.1 Å². The Morgan fingerprint density at radius 3 is 3.00 bits per heavy atom. The van der Waals surface area contributed by atoms with Crippen LogP contribution in [0.4, 0.5) is 0 Å². The third-order valence-electron chi connectivity index (χ3n) is 2.31. The Labute approximate surface area is 85.8 Å². The topological polar surface area (TPSA) is 24.9 Å². The minimum atomic E-state index is 0.177. The van der Waals surface area contributed by atoms with Crippen LogP contribution in [-0.2, 0) is 6.42 Å². The maximum absolute atomic E-state index is 5.32. The third-order valence-corrected chi connectivity index (χ3v) is 2.31. The SMILES string of the molecule is C#CCC(NC)c1ncccc1CC. The second-order valence-electron chi connectivity index (χ2n) is 3.15. The van der Waals surface area contributed by atoms with Gasteiger partial charge in [-0.25, -0.2) is 0 Å². The molecule has 14 heavy (non-hydrogen) atoms. The second-order valence-corrected chi connectivity index (χ2v) is 3.15. The zero-order chi connectivity index (χ0) is 10.4. The highest BCUT2D eigenvalue weighted by molar-refractivity contribution is 5.23. The Hall–Kier alpha value is -1.33. The van der Waals surface area contributed by atoms with Crippen LogP contribution in [0, 0.1) is 12.3 Å². The van der Waals surface area contributed by atoms with E-state index < -0.39 is 0 Å². The molecule has 1 aromatic rings. The molecule has 74 valence electrons. The molecule has 0 saturated carbocycles. The molecule has 1 aromatic heterocycles. The van der Waals surface area contributed by atoms with E-state index in [-0.39, 0.29) is 6.04 Å². The van der Waals surface area contributed by atoms with Gasteiger partial charge in [0.25, 0.3) is 0 Å². The monoisotopic (exact) mass is 188 g/mol. The first kappa shape index (κ1) is 10.7. The normalized spacial score (nSPS) is 12.1. The van der Waals surface area contributed by atoms with Crippen LogP contribution in [0.5, 0.6) is 0 Å². The van der Waals surface area contributed by atoms with Gasteiger partial charge >= 0.3 is 0 Å². The molecule has 2 nitrogen and oxygen atoms in total. The Kier molecular flexibility index (Phi) is 4.15. The fraction of sp³-hybridized carbons (Fsp3) is 0.417. The van der Waals surface area contributed by atoms with Crippen molar-refractivity contribution in [3.63, 3.8) is 0 Å². The Morgan fingerprint density at radius 1 is 1.64 bits per heavy atom. The van der Waals surface area contributed by atoms with Crippen LogP contribution < -0.4 is 5.32 Å². The van der Waals surface area contributed by atoms with Gasteiger partial charge in [-0.05, 0) is 25.1 Å². The molecule has 0 spiro atoms. The minimum absolute atomic E-state index is 0.177. The summed E-state index contributed by atoms with van der Waals surface area (Å²) in [5.74, 6) is 2.67. The molecule has 0 aliphatic rings. The molecule has 0 saturated heterocycles. The highest BCUT2D eigenvalue weighted by Gasteiger charge is 2.12.